The van der Waals surface area contributed by atoms with Crippen molar-refractivity contribution in [2.45, 2.75) is 97.0 Å². The van der Waals surface area contributed by atoms with Gasteiger partial charge in [0.1, 0.15) is 0 Å². The summed E-state index contributed by atoms with van der Waals surface area (Å²) in [6, 6.07) is 12.1. The van der Waals surface area contributed by atoms with E-state index in [2.05, 4.69) is 58.9 Å². The van der Waals surface area contributed by atoms with Crippen molar-refractivity contribution < 1.29 is 14.6 Å². The first kappa shape index (κ1) is 26.2. The molecule has 2 aromatic rings. The van der Waals surface area contributed by atoms with Gasteiger partial charge in [-0.25, -0.2) is 4.79 Å². The van der Waals surface area contributed by atoms with E-state index in [1.54, 1.807) is 12.1 Å². The van der Waals surface area contributed by atoms with Crippen molar-refractivity contribution in [3.05, 3.63) is 69.8 Å². The van der Waals surface area contributed by atoms with E-state index in [-0.39, 0.29) is 16.8 Å². The molecule has 0 saturated heterocycles. The Labute approximate surface area is 206 Å². The Morgan fingerprint density at radius 3 is 2.18 bits per heavy atom. The van der Waals surface area contributed by atoms with Crippen LogP contribution in [0.25, 0.3) is 12.2 Å². The van der Waals surface area contributed by atoms with Crippen molar-refractivity contribution in [3.63, 3.8) is 0 Å². The molecule has 3 nitrogen and oxygen atoms in total. The summed E-state index contributed by atoms with van der Waals surface area (Å²) in [7, 11) is 0. The van der Waals surface area contributed by atoms with Crippen LogP contribution >= 0.6 is 0 Å². The predicted molar refractivity (Wildman–Crippen MR) is 142 cm³/mol. The zero-order valence-electron chi connectivity index (χ0n) is 21.9. The minimum atomic E-state index is -0.469. The van der Waals surface area contributed by atoms with Crippen molar-refractivity contribution >= 4 is 18.1 Å². The molecule has 0 bridgehead atoms. The lowest BCUT2D eigenvalue weighted by atomic mass is 9.62. The van der Waals surface area contributed by atoms with Crippen LogP contribution < -0.4 is 0 Å². The van der Waals surface area contributed by atoms with E-state index in [9.17, 15) is 9.90 Å². The molecule has 1 aliphatic rings. The summed E-state index contributed by atoms with van der Waals surface area (Å²) in [6.45, 7) is 13.7. The normalized spacial score (nSPS) is 17.4. The first-order chi connectivity index (χ1) is 16.1. The van der Waals surface area contributed by atoms with Crippen LogP contribution in [0.15, 0.2) is 36.4 Å². The van der Waals surface area contributed by atoms with Gasteiger partial charge in [-0.1, -0.05) is 90.3 Å². The Morgan fingerprint density at radius 1 is 0.971 bits per heavy atom. The smallest absolute Gasteiger partial charge is 0.338 e. The van der Waals surface area contributed by atoms with Crippen LogP contribution in [0, 0.1) is 0 Å². The van der Waals surface area contributed by atoms with Gasteiger partial charge in [0, 0.05) is 0 Å². The van der Waals surface area contributed by atoms with E-state index in [1.807, 2.05) is 19.1 Å². The van der Waals surface area contributed by atoms with Crippen molar-refractivity contribution in [2.75, 3.05) is 6.61 Å². The third-order valence-corrected chi connectivity index (χ3v) is 7.37. The zero-order chi connectivity index (χ0) is 24.9. The molecule has 0 saturated carbocycles. The quantitative estimate of drug-likeness (QED) is 0.233. The van der Waals surface area contributed by atoms with Crippen molar-refractivity contribution in [1.82, 2.24) is 0 Å². The van der Waals surface area contributed by atoms with Gasteiger partial charge in [0.05, 0.1) is 18.3 Å². The molecule has 0 aromatic heterocycles. The Bertz CT molecular complexity index is 1010. The Hall–Kier alpha value is -2.39. The highest BCUT2D eigenvalue weighted by Gasteiger charge is 2.37. The Balaban J connectivity index is 1.99. The highest BCUT2D eigenvalue weighted by Crippen LogP contribution is 2.47. The number of hydrogen-bond donors (Lipinski definition) is 1. The number of carbonyl (C=O) groups excluding carboxylic acids is 1. The lowest BCUT2D eigenvalue weighted by molar-refractivity contribution is 0.0526. The largest absolute Gasteiger partial charge is 0.462 e. The summed E-state index contributed by atoms with van der Waals surface area (Å²) in [5, 5.41) is 11.2. The molecule has 0 aliphatic heterocycles. The summed E-state index contributed by atoms with van der Waals surface area (Å²) in [6.07, 6.45) is 10.1. The molecular formula is C31H42O3. The van der Waals surface area contributed by atoms with Gasteiger partial charge in [0.25, 0.3) is 0 Å². The second-order valence-electron chi connectivity index (χ2n) is 11.0. The third kappa shape index (κ3) is 5.99. The maximum absolute atomic E-state index is 11.9. The number of carbonyl (C=O) groups is 1. The number of fused-ring (bicyclic) bond motifs is 1. The van der Waals surface area contributed by atoms with Gasteiger partial charge in [-0.2, -0.15) is 0 Å². The Morgan fingerprint density at radius 2 is 1.59 bits per heavy atom. The molecule has 2 aromatic carbocycles. The molecule has 184 valence electrons. The molecule has 0 fully saturated rings. The Kier molecular flexibility index (Phi) is 8.41. The van der Waals surface area contributed by atoms with Crippen molar-refractivity contribution in [1.29, 1.82) is 0 Å². The van der Waals surface area contributed by atoms with Crippen molar-refractivity contribution in [2.24, 2.45) is 0 Å². The molecule has 3 rings (SSSR count). The van der Waals surface area contributed by atoms with Crippen LogP contribution in [0.2, 0.25) is 0 Å². The molecule has 0 amide bonds. The molecule has 0 spiro atoms. The van der Waals surface area contributed by atoms with Gasteiger partial charge >= 0.3 is 5.97 Å². The van der Waals surface area contributed by atoms with E-state index in [1.165, 1.54) is 11.1 Å². The minimum Gasteiger partial charge on any atom is -0.462 e. The third-order valence-electron chi connectivity index (χ3n) is 7.37. The molecule has 0 heterocycles. The first-order valence-corrected chi connectivity index (χ1v) is 12.9. The second kappa shape index (κ2) is 10.9. The van der Waals surface area contributed by atoms with Crippen molar-refractivity contribution in [3.8, 4) is 0 Å². The maximum Gasteiger partial charge on any atom is 0.338 e. The van der Waals surface area contributed by atoms with E-state index in [0.717, 1.165) is 55.2 Å². The number of rotatable bonds is 9. The van der Waals surface area contributed by atoms with Crippen LogP contribution in [0.4, 0.5) is 0 Å². The van der Waals surface area contributed by atoms with E-state index in [0.29, 0.717) is 12.2 Å². The SMILES string of the molecule is CCCCCC(O)c1cc2c(cc1/C=C/c1ccc(C(=O)OCC)cc1)C(C)(C)CCC2(C)C. The number of benzene rings is 2. The topological polar surface area (TPSA) is 46.5 Å². The summed E-state index contributed by atoms with van der Waals surface area (Å²) in [5.41, 5.74) is 6.67. The summed E-state index contributed by atoms with van der Waals surface area (Å²) < 4.78 is 5.08. The molecule has 0 radical (unpaired) electrons. The van der Waals surface area contributed by atoms with E-state index in [4.69, 9.17) is 4.74 Å². The second-order valence-corrected chi connectivity index (χ2v) is 11.0. The van der Waals surface area contributed by atoms with Gasteiger partial charge in [0.2, 0.25) is 0 Å². The number of aliphatic hydroxyl groups excluding tert-OH is 1. The fraction of sp³-hybridized carbons (Fsp3) is 0.516. The van der Waals surface area contributed by atoms with Gasteiger partial charge in [-0.15, -0.1) is 0 Å². The summed E-state index contributed by atoms with van der Waals surface area (Å²) in [4.78, 5) is 11.9. The number of esters is 1. The lowest BCUT2D eigenvalue weighted by Crippen LogP contribution is -2.34. The standard InChI is InChI=1S/C31H42O3/c1-7-9-10-11-28(32)25-21-27-26(30(3,4)18-19-31(27,5)6)20-24(25)17-14-22-12-15-23(16-13-22)29(33)34-8-2/h12-17,20-21,28,32H,7-11,18-19H2,1-6H3/b17-14+. The van der Waals surface area contributed by atoms with Crippen LogP contribution in [-0.4, -0.2) is 17.7 Å². The number of ether oxygens (including phenoxy) is 1. The monoisotopic (exact) mass is 462 g/mol. The molecule has 1 atom stereocenters. The van der Waals surface area contributed by atoms with Gasteiger partial charge in [-0.05, 0) is 77.0 Å². The van der Waals surface area contributed by atoms with Crippen LogP contribution in [0.5, 0.6) is 0 Å². The molecule has 3 heteroatoms. The molecule has 1 aliphatic carbocycles. The number of unbranched alkanes of at least 4 members (excludes halogenated alkanes) is 2. The van der Waals surface area contributed by atoms with Crippen LogP contribution in [0.3, 0.4) is 0 Å². The fourth-order valence-corrected chi connectivity index (χ4v) is 4.95. The lowest BCUT2D eigenvalue weighted by Gasteiger charge is -2.42. The molecule has 1 unspecified atom stereocenters. The fourth-order valence-electron chi connectivity index (χ4n) is 4.95. The maximum atomic E-state index is 11.9. The average Bonchev–Trinajstić information content (AvgIpc) is 2.81. The van der Waals surface area contributed by atoms with Crippen LogP contribution in [0.1, 0.15) is 124 Å². The molecule has 1 N–H and O–H groups in total. The average molecular weight is 463 g/mol. The minimum absolute atomic E-state index is 0.105. The van der Waals surface area contributed by atoms with Crippen LogP contribution in [-0.2, 0) is 15.6 Å². The highest BCUT2D eigenvalue weighted by atomic mass is 16.5. The molecular weight excluding hydrogens is 420 g/mol. The van der Waals surface area contributed by atoms with Gasteiger partial charge < -0.3 is 9.84 Å². The number of aliphatic hydroxyl groups is 1. The molecule has 34 heavy (non-hydrogen) atoms. The predicted octanol–water partition coefficient (Wildman–Crippen LogP) is 8.00. The first-order valence-electron chi connectivity index (χ1n) is 12.9. The van der Waals surface area contributed by atoms with E-state index >= 15 is 0 Å². The summed E-state index contributed by atoms with van der Waals surface area (Å²) in [5.74, 6) is -0.296. The zero-order valence-corrected chi connectivity index (χ0v) is 21.9. The van der Waals surface area contributed by atoms with Gasteiger partial charge in [-0.3, -0.25) is 0 Å². The summed E-state index contributed by atoms with van der Waals surface area (Å²) >= 11 is 0. The van der Waals surface area contributed by atoms with E-state index < -0.39 is 6.10 Å². The highest BCUT2D eigenvalue weighted by molar-refractivity contribution is 5.89. The van der Waals surface area contributed by atoms with Gasteiger partial charge in [0.15, 0.2) is 0 Å². The number of hydrogen-bond acceptors (Lipinski definition) is 3.